The molecule has 1 saturated carbocycles. The van der Waals surface area contributed by atoms with Crippen molar-refractivity contribution in [3.8, 4) is 5.75 Å². The largest absolute Gasteiger partial charge is 0.490 e. The molecule has 2 atom stereocenters. The molecule has 1 aliphatic carbocycles. The molecular formula is C20H24N4O2S. The minimum atomic E-state index is -0.120. The summed E-state index contributed by atoms with van der Waals surface area (Å²) in [6, 6.07) is 11.8. The van der Waals surface area contributed by atoms with Crippen molar-refractivity contribution >= 4 is 21.4 Å². The number of aryl methyl sites for hydroxylation is 1. The molecule has 0 unspecified atom stereocenters. The molecule has 4 rings (SSSR count). The molecule has 0 N–H and O–H groups in total. The molecule has 2 aromatic heterocycles. The van der Waals surface area contributed by atoms with E-state index in [2.05, 4.69) is 28.8 Å². The first-order valence-corrected chi connectivity index (χ1v) is 10.1. The Hall–Kier alpha value is -2.41. The lowest BCUT2D eigenvalue weighted by Gasteiger charge is -2.54. The third-order valence-electron chi connectivity index (χ3n) is 5.57. The van der Waals surface area contributed by atoms with E-state index in [-0.39, 0.29) is 23.1 Å². The van der Waals surface area contributed by atoms with Gasteiger partial charge in [0.1, 0.15) is 11.9 Å². The number of anilines is 1. The summed E-state index contributed by atoms with van der Waals surface area (Å²) in [4.78, 5) is 19.6. The highest BCUT2D eigenvalue weighted by atomic mass is 32.1. The highest BCUT2D eigenvalue weighted by Gasteiger charge is 2.52. The Morgan fingerprint density at radius 3 is 2.74 bits per heavy atom. The van der Waals surface area contributed by atoms with Gasteiger partial charge in [-0.2, -0.15) is 4.52 Å². The van der Waals surface area contributed by atoms with Crippen LogP contribution in [0.15, 0.2) is 41.2 Å². The fraction of sp³-hybridized carbons (Fsp3) is 0.450. The van der Waals surface area contributed by atoms with E-state index >= 15 is 0 Å². The van der Waals surface area contributed by atoms with Crippen LogP contribution in [0.1, 0.15) is 32.9 Å². The second kappa shape index (κ2) is 6.64. The van der Waals surface area contributed by atoms with E-state index in [0.29, 0.717) is 4.96 Å². The van der Waals surface area contributed by atoms with E-state index in [1.54, 1.807) is 6.07 Å². The lowest BCUT2D eigenvalue weighted by Crippen LogP contribution is -2.62. The lowest BCUT2D eigenvalue weighted by molar-refractivity contribution is -0.0416. The second-order valence-corrected chi connectivity index (χ2v) is 8.56. The van der Waals surface area contributed by atoms with Gasteiger partial charge in [0.25, 0.3) is 5.56 Å². The average molecular weight is 385 g/mol. The summed E-state index contributed by atoms with van der Waals surface area (Å²) in [5.41, 5.74) is 0.652. The molecule has 0 amide bonds. The highest BCUT2D eigenvalue weighted by molar-refractivity contribution is 7.20. The molecule has 0 saturated heterocycles. The van der Waals surface area contributed by atoms with Crippen LogP contribution >= 0.6 is 11.3 Å². The van der Waals surface area contributed by atoms with Gasteiger partial charge in [0.2, 0.25) is 10.1 Å². The predicted molar refractivity (Wildman–Crippen MR) is 108 cm³/mol. The Morgan fingerprint density at radius 2 is 2.07 bits per heavy atom. The summed E-state index contributed by atoms with van der Waals surface area (Å²) in [5, 5.41) is 5.32. The van der Waals surface area contributed by atoms with Crippen molar-refractivity contribution in [2.45, 2.75) is 45.8 Å². The summed E-state index contributed by atoms with van der Waals surface area (Å²) < 4.78 is 7.58. The van der Waals surface area contributed by atoms with Gasteiger partial charge >= 0.3 is 0 Å². The van der Waals surface area contributed by atoms with E-state index in [4.69, 9.17) is 4.74 Å². The zero-order valence-corrected chi connectivity index (χ0v) is 16.9. The van der Waals surface area contributed by atoms with Crippen LogP contribution in [0.2, 0.25) is 0 Å². The number of benzene rings is 1. The van der Waals surface area contributed by atoms with Crippen LogP contribution in [0.25, 0.3) is 4.96 Å². The first-order chi connectivity index (χ1) is 12.9. The van der Waals surface area contributed by atoms with Gasteiger partial charge in [0.15, 0.2) is 0 Å². The Balaban J connectivity index is 1.55. The summed E-state index contributed by atoms with van der Waals surface area (Å²) in [6.07, 6.45) is 1.80. The minimum Gasteiger partial charge on any atom is -0.490 e. The number of ether oxygens (including phenoxy) is 1. The van der Waals surface area contributed by atoms with Gasteiger partial charge in [-0.25, -0.2) is 4.98 Å². The molecule has 0 spiro atoms. The van der Waals surface area contributed by atoms with Gasteiger partial charge in [0, 0.05) is 36.7 Å². The van der Waals surface area contributed by atoms with Crippen molar-refractivity contribution < 1.29 is 4.74 Å². The second-order valence-electron chi connectivity index (χ2n) is 7.62. The fourth-order valence-corrected chi connectivity index (χ4v) is 4.63. The van der Waals surface area contributed by atoms with E-state index < -0.39 is 0 Å². The molecule has 0 aliphatic heterocycles. The van der Waals surface area contributed by atoms with E-state index in [0.717, 1.165) is 29.4 Å². The maximum atomic E-state index is 12.3. The maximum absolute atomic E-state index is 12.3. The Kier molecular flexibility index (Phi) is 4.42. The molecule has 0 radical (unpaired) electrons. The zero-order valence-electron chi connectivity index (χ0n) is 16.0. The van der Waals surface area contributed by atoms with Gasteiger partial charge in [-0.3, -0.25) is 4.79 Å². The number of nitrogens with zero attached hydrogens (tertiary/aromatic N) is 4. The third kappa shape index (κ3) is 3.10. The number of aromatic nitrogens is 3. The summed E-state index contributed by atoms with van der Waals surface area (Å²) in [6.45, 7) is 6.44. The molecule has 7 heteroatoms. The van der Waals surface area contributed by atoms with Gasteiger partial charge in [0.05, 0.1) is 0 Å². The highest BCUT2D eigenvalue weighted by Crippen LogP contribution is 2.47. The van der Waals surface area contributed by atoms with Crippen molar-refractivity contribution in [1.82, 2.24) is 14.6 Å². The fourth-order valence-electron chi connectivity index (χ4n) is 3.69. The number of rotatable bonds is 5. The van der Waals surface area contributed by atoms with Crippen LogP contribution < -0.4 is 15.2 Å². The van der Waals surface area contributed by atoms with Crippen molar-refractivity contribution in [3.05, 3.63) is 52.4 Å². The molecule has 3 aromatic rings. The topological polar surface area (TPSA) is 59.7 Å². The van der Waals surface area contributed by atoms with Crippen LogP contribution in [-0.4, -0.2) is 33.8 Å². The number of hydrogen-bond donors (Lipinski definition) is 0. The standard InChI is InChI=1S/C20H24N4O2S/c1-5-13-11-17(25)24-18(21-13)27-19(22-24)23(4)15-12-16(20(15,2)3)26-14-9-7-6-8-10-14/h6-11,15-16H,5,12H2,1-4H3/t15-,16+/m1/s1. The van der Waals surface area contributed by atoms with Crippen molar-refractivity contribution in [3.63, 3.8) is 0 Å². The number of fused-ring (bicyclic) bond motifs is 1. The summed E-state index contributed by atoms with van der Waals surface area (Å²) in [7, 11) is 2.04. The first-order valence-electron chi connectivity index (χ1n) is 9.24. The van der Waals surface area contributed by atoms with E-state index in [1.807, 2.05) is 44.3 Å². The minimum absolute atomic E-state index is 0.0323. The molecule has 1 fully saturated rings. The van der Waals surface area contributed by atoms with E-state index in [1.165, 1.54) is 15.9 Å². The Bertz CT molecular complexity index is 1010. The molecule has 1 aliphatic rings. The molecule has 0 bridgehead atoms. The maximum Gasteiger partial charge on any atom is 0.275 e. The molecule has 6 nitrogen and oxygen atoms in total. The van der Waals surface area contributed by atoms with Gasteiger partial charge in [-0.1, -0.05) is 50.3 Å². The summed E-state index contributed by atoms with van der Waals surface area (Å²) >= 11 is 1.46. The van der Waals surface area contributed by atoms with Crippen LogP contribution in [0.3, 0.4) is 0 Å². The monoisotopic (exact) mass is 384 g/mol. The van der Waals surface area contributed by atoms with Crippen LogP contribution in [0.4, 0.5) is 5.13 Å². The van der Waals surface area contributed by atoms with Gasteiger partial charge in [-0.05, 0) is 18.6 Å². The van der Waals surface area contributed by atoms with Crippen LogP contribution in [0.5, 0.6) is 5.75 Å². The first kappa shape index (κ1) is 18.0. The summed E-state index contributed by atoms with van der Waals surface area (Å²) in [5.74, 6) is 0.902. The lowest BCUT2D eigenvalue weighted by atomic mass is 9.64. The van der Waals surface area contributed by atoms with Crippen molar-refractivity contribution in [2.24, 2.45) is 5.41 Å². The Labute approximate surface area is 162 Å². The molecule has 1 aromatic carbocycles. The molecule has 2 heterocycles. The van der Waals surface area contributed by atoms with E-state index in [9.17, 15) is 4.79 Å². The average Bonchev–Trinajstić information content (AvgIpc) is 3.10. The Morgan fingerprint density at radius 1 is 1.33 bits per heavy atom. The van der Waals surface area contributed by atoms with Gasteiger partial charge in [-0.15, -0.1) is 5.10 Å². The molecule has 27 heavy (non-hydrogen) atoms. The van der Waals surface area contributed by atoms with Crippen LogP contribution in [0, 0.1) is 5.41 Å². The molecular weight excluding hydrogens is 360 g/mol. The number of para-hydroxylation sites is 1. The molecule has 142 valence electrons. The number of hydrogen-bond acceptors (Lipinski definition) is 6. The SMILES string of the molecule is CCc1cc(=O)n2nc(N(C)[C@@H]3C[C@H](Oc4ccccc4)C3(C)C)sc2n1. The smallest absolute Gasteiger partial charge is 0.275 e. The van der Waals surface area contributed by atoms with Gasteiger partial charge < -0.3 is 9.64 Å². The van der Waals surface area contributed by atoms with Crippen molar-refractivity contribution in [2.75, 3.05) is 11.9 Å². The normalized spacial score (nSPS) is 21.0. The zero-order chi connectivity index (χ0) is 19.2. The van der Waals surface area contributed by atoms with Crippen molar-refractivity contribution in [1.29, 1.82) is 0 Å². The van der Waals surface area contributed by atoms with Crippen LogP contribution in [-0.2, 0) is 6.42 Å². The third-order valence-corrected chi connectivity index (χ3v) is 6.57. The predicted octanol–water partition coefficient (Wildman–Crippen LogP) is 3.40. The quantitative estimate of drug-likeness (QED) is 0.675.